The molecule has 1 aliphatic rings. The molecule has 0 bridgehead atoms. The Bertz CT molecular complexity index is 1430. The fourth-order valence-electron chi connectivity index (χ4n) is 4.74. The molecule has 5 nitrogen and oxygen atoms in total. The molecular weight excluding hydrogens is 440 g/mol. The molecule has 170 valence electrons. The van der Waals surface area contributed by atoms with E-state index in [1.54, 1.807) is 11.3 Å². The third-order valence-corrected chi connectivity index (χ3v) is 7.62. The van der Waals surface area contributed by atoms with Crippen molar-refractivity contribution in [2.24, 2.45) is 0 Å². The Kier molecular flexibility index (Phi) is 5.61. The summed E-state index contributed by atoms with van der Waals surface area (Å²) in [6.07, 6.45) is 4.04. The molecule has 1 saturated heterocycles. The second-order valence-electron chi connectivity index (χ2n) is 8.94. The summed E-state index contributed by atoms with van der Waals surface area (Å²) in [7, 11) is 0. The SMILES string of the molecule is O=C(NC1CCN(Cc2ccccc2)CC1)c1ccc2c(c1)sc1nc(-c3ccccc3)cn12. The first-order valence-corrected chi connectivity index (χ1v) is 12.6. The van der Waals surface area contributed by atoms with Crippen LogP contribution in [0.15, 0.2) is 85.1 Å². The maximum Gasteiger partial charge on any atom is 0.251 e. The minimum atomic E-state index is 0.0134. The zero-order valence-electron chi connectivity index (χ0n) is 18.9. The van der Waals surface area contributed by atoms with E-state index in [-0.39, 0.29) is 11.9 Å². The number of thiazole rings is 1. The van der Waals surface area contributed by atoms with Crippen LogP contribution in [0.5, 0.6) is 0 Å². The second kappa shape index (κ2) is 9.05. The Morgan fingerprint density at radius 3 is 2.47 bits per heavy atom. The molecular formula is C28H26N4OS. The van der Waals surface area contributed by atoms with E-state index < -0.39 is 0 Å². The first kappa shape index (κ1) is 21.1. The number of hydrogen-bond acceptors (Lipinski definition) is 4. The number of hydrogen-bond donors (Lipinski definition) is 1. The molecule has 0 radical (unpaired) electrons. The fourth-order valence-corrected chi connectivity index (χ4v) is 5.78. The van der Waals surface area contributed by atoms with E-state index in [1.165, 1.54) is 5.56 Å². The van der Waals surface area contributed by atoms with Gasteiger partial charge < -0.3 is 5.32 Å². The third-order valence-electron chi connectivity index (χ3n) is 6.60. The Balaban J connectivity index is 1.12. The second-order valence-corrected chi connectivity index (χ2v) is 9.95. The van der Waals surface area contributed by atoms with Gasteiger partial charge in [0.1, 0.15) is 0 Å². The summed E-state index contributed by atoms with van der Waals surface area (Å²) in [5.74, 6) is 0.0134. The molecule has 2 aromatic heterocycles. The number of carbonyl (C=O) groups is 1. The lowest BCUT2D eigenvalue weighted by Crippen LogP contribution is -2.44. The number of likely N-dealkylation sites (tertiary alicyclic amines) is 1. The average molecular weight is 467 g/mol. The van der Waals surface area contributed by atoms with Crippen LogP contribution in [0, 0.1) is 0 Å². The van der Waals surface area contributed by atoms with Crippen molar-refractivity contribution in [3.05, 3.63) is 96.2 Å². The number of rotatable bonds is 5. The molecule has 6 rings (SSSR count). The van der Waals surface area contributed by atoms with Gasteiger partial charge in [-0.05, 0) is 36.6 Å². The number of imidazole rings is 1. The molecule has 1 aliphatic heterocycles. The summed E-state index contributed by atoms with van der Waals surface area (Å²) in [6, 6.07) is 27.0. The Morgan fingerprint density at radius 1 is 0.971 bits per heavy atom. The van der Waals surface area contributed by atoms with Crippen molar-refractivity contribution in [1.29, 1.82) is 0 Å². The van der Waals surface area contributed by atoms with E-state index in [2.05, 4.69) is 63.3 Å². The van der Waals surface area contributed by atoms with E-state index in [9.17, 15) is 4.79 Å². The van der Waals surface area contributed by atoms with Gasteiger partial charge in [0.2, 0.25) is 0 Å². The monoisotopic (exact) mass is 466 g/mol. The highest BCUT2D eigenvalue weighted by Gasteiger charge is 2.21. The van der Waals surface area contributed by atoms with Gasteiger partial charge in [-0.1, -0.05) is 72.0 Å². The molecule has 1 N–H and O–H groups in total. The number of amides is 1. The number of fused-ring (bicyclic) bond motifs is 3. The third kappa shape index (κ3) is 4.22. The topological polar surface area (TPSA) is 49.6 Å². The van der Waals surface area contributed by atoms with Gasteiger partial charge in [0.15, 0.2) is 4.96 Å². The molecule has 0 unspecified atom stereocenters. The van der Waals surface area contributed by atoms with Gasteiger partial charge in [0.05, 0.1) is 15.9 Å². The van der Waals surface area contributed by atoms with Gasteiger partial charge in [0.25, 0.3) is 5.91 Å². The lowest BCUT2D eigenvalue weighted by atomic mass is 10.0. The van der Waals surface area contributed by atoms with E-state index in [1.807, 2.05) is 36.4 Å². The lowest BCUT2D eigenvalue weighted by molar-refractivity contribution is 0.0909. The predicted molar refractivity (Wildman–Crippen MR) is 138 cm³/mol. The Labute approximate surface area is 202 Å². The highest BCUT2D eigenvalue weighted by Crippen LogP contribution is 2.30. The van der Waals surface area contributed by atoms with Crippen LogP contribution in [0.3, 0.4) is 0 Å². The van der Waals surface area contributed by atoms with Crippen LogP contribution in [-0.2, 0) is 6.54 Å². The number of carbonyl (C=O) groups excluding carboxylic acids is 1. The van der Waals surface area contributed by atoms with Gasteiger partial charge >= 0.3 is 0 Å². The maximum atomic E-state index is 13.0. The van der Waals surface area contributed by atoms with Crippen molar-refractivity contribution in [1.82, 2.24) is 19.6 Å². The number of piperidine rings is 1. The van der Waals surface area contributed by atoms with Crippen LogP contribution >= 0.6 is 11.3 Å². The van der Waals surface area contributed by atoms with Crippen LogP contribution < -0.4 is 5.32 Å². The highest BCUT2D eigenvalue weighted by molar-refractivity contribution is 7.23. The average Bonchev–Trinajstić information content (AvgIpc) is 3.44. The lowest BCUT2D eigenvalue weighted by Gasteiger charge is -2.32. The Morgan fingerprint density at radius 2 is 1.71 bits per heavy atom. The summed E-state index contributed by atoms with van der Waals surface area (Å²) >= 11 is 1.62. The number of aromatic nitrogens is 2. The number of benzene rings is 3. The summed E-state index contributed by atoms with van der Waals surface area (Å²) in [6.45, 7) is 2.99. The van der Waals surface area contributed by atoms with E-state index in [4.69, 9.17) is 4.98 Å². The smallest absolute Gasteiger partial charge is 0.251 e. The number of nitrogens with zero attached hydrogens (tertiary/aromatic N) is 3. The summed E-state index contributed by atoms with van der Waals surface area (Å²) in [5.41, 5.74) is 5.22. The van der Waals surface area contributed by atoms with Crippen LogP contribution in [0.1, 0.15) is 28.8 Å². The van der Waals surface area contributed by atoms with Crippen molar-refractivity contribution in [2.75, 3.05) is 13.1 Å². The van der Waals surface area contributed by atoms with Crippen molar-refractivity contribution in [3.8, 4) is 11.3 Å². The largest absolute Gasteiger partial charge is 0.349 e. The van der Waals surface area contributed by atoms with E-state index in [0.717, 1.165) is 58.9 Å². The molecule has 5 aromatic rings. The van der Waals surface area contributed by atoms with Gasteiger partial charge in [-0.3, -0.25) is 14.1 Å². The van der Waals surface area contributed by atoms with E-state index in [0.29, 0.717) is 5.56 Å². The molecule has 3 aromatic carbocycles. The molecule has 1 amide bonds. The van der Waals surface area contributed by atoms with Crippen molar-refractivity contribution >= 4 is 32.4 Å². The van der Waals surface area contributed by atoms with Gasteiger partial charge in [-0.2, -0.15) is 0 Å². The zero-order valence-corrected chi connectivity index (χ0v) is 19.7. The summed E-state index contributed by atoms with van der Waals surface area (Å²) in [5, 5.41) is 3.26. The fraction of sp³-hybridized carbons (Fsp3) is 0.214. The van der Waals surface area contributed by atoms with Crippen LogP contribution in [0.25, 0.3) is 26.4 Å². The van der Waals surface area contributed by atoms with Gasteiger partial charge in [0, 0.05) is 43.0 Å². The molecule has 0 spiro atoms. The number of nitrogens with one attached hydrogen (secondary N) is 1. The van der Waals surface area contributed by atoms with Crippen molar-refractivity contribution in [2.45, 2.75) is 25.4 Å². The van der Waals surface area contributed by atoms with E-state index >= 15 is 0 Å². The summed E-state index contributed by atoms with van der Waals surface area (Å²) in [4.78, 5) is 21.2. The quantitative estimate of drug-likeness (QED) is 0.366. The molecule has 0 aliphatic carbocycles. The molecule has 34 heavy (non-hydrogen) atoms. The molecule has 6 heteroatoms. The summed E-state index contributed by atoms with van der Waals surface area (Å²) < 4.78 is 3.19. The van der Waals surface area contributed by atoms with Crippen LogP contribution in [0.2, 0.25) is 0 Å². The minimum absolute atomic E-state index is 0.0134. The Hall–Kier alpha value is -3.48. The first-order chi connectivity index (χ1) is 16.7. The normalized spacial score (nSPS) is 15.2. The standard InChI is InChI=1S/C28H26N4OS/c33-27(29-23-13-15-31(16-14-23)18-20-7-3-1-4-8-20)22-11-12-25-26(17-22)34-28-30-24(19-32(25)28)21-9-5-2-6-10-21/h1-12,17,19,23H,13-16,18H2,(H,29,33). The predicted octanol–water partition coefficient (Wildman–Crippen LogP) is 5.61. The molecule has 3 heterocycles. The van der Waals surface area contributed by atoms with Gasteiger partial charge in [-0.15, -0.1) is 0 Å². The zero-order chi connectivity index (χ0) is 22.9. The van der Waals surface area contributed by atoms with Crippen LogP contribution in [0.4, 0.5) is 0 Å². The van der Waals surface area contributed by atoms with Crippen molar-refractivity contribution < 1.29 is 4.79 Å². The van der Waals surface area contributed by atoms with Gasteiger partial charge in [-0.25, -0.2) is 4.98 Å². The van der Waals surface area contributed by atoms with Crippen LogP contribution in [-0.4, -0.2) is 39.3 Å². The van der Waals surface area contributed by atoms with Crippen molar-refractivity contribution in [3.63, 3.8) is 0 Å². The molecule has 1 fully saturated rings. The molecule has 0 saturated carbocycles. The highest BCUT2D eigenvalue weighted by atomic mass is 32.1. The minimum Gasteiger partial charge on any atom is -0.349 e. The first-order valence-electron chi connectivity index (χ1n) is 11.8. The molecule has 0 atom stereocenters. The maximum absolute atomic E-state index is 13.0.